The first-order chi connectivity index (χ1) is 8.58. The first-order valence-electron chi connectivity index (χ1n) is 6.51. The summed E-state index contributed by atoms with van der Waals surface area (Å²) < 4.78 is 5.44. The fraction of sp³-hybridized carbons (Fsp3) is 0.769. The van der Waals surface area contributed by atoms with Gasteiger partial charge in [0.1, 0.15) is 5.01 Å². The lowest BCUT2D eigenvalue weighted by Crippen LogP contribution is -2.49. The highest BCUT2D eigenvalue weighted by molar-refractivity contribution is 7.09. The van der Waals surface area contributed by atoms with Gasteiger partial charge in [-0.1, -0.05) is 0 Å². The van der Waals surface area contributed by atoms with Crippen LogP contribution >= 0.6 is 11.3 Å². The highest BCUT2D eigenvalue weighted by atomic mass is 32.1. The molecule has 102 valence electrons. The number of aromatic nitrogens is 1. The Morgan fingerprint density at radius 1 is 1.50 bits per heavy atom. The summed E-state index contributed by atoms with van der Waals surface area (Å²) in [5.74, 6) is 0. The quantitative estimate of drug-likeness (QED) is 0.854. The lowest BCUT2D eigenvalue weighted by atomic mass is 9.79. The van der Waals surface area contributed by atoms with Gasteiger partial charge in [-0.25, -0.2) is 4.98 Å². The van der Waals surface area contributed by atoms with Crippen LogP contribution in [0.4, 0.5) is 0 Å². The summed E-state index contributed by atoms with van der Waals surface area (Å²) in [6.45, 7) is 7.66. The minimum absolute atomic E-state index is 0.0886. The molecule has 0 bridgehead atoms. The van der Waals surface area contributed by atoms with Crippen LogP contribution in [-0.4, -0.2) is 31.3 Å². The minimum Gasteiger partial charge on any atom is -0.381 e. The Labute approximate surface area is 113 Å². The van der Waals surface area contributed by atoms with Gasteiger partial charge in [0.15, 0.2) is 0 Å². The summed E-state index contributed by atoms with van der Waals surface area (Å²) in [6, 6.07) is 0. The molecule has 1 aliphatic heterocycles. The monoisotopic (exact) mass is 269 g/mol. The molecule has 0 spiro atoms. The summed E-state index contributed by atoms with van der Waals surface area (Å²) in [5, 5.41) is 6.78. The van der Waals surface area contributed by atoms with Gasteiger partial charge in [-0.15, -0.1) is 11.3 Å². The fourth-order valence-corrected chi connectivity index (χ4v) is 3.01. The van der Waals surface area contributed by atoms with E-state index in [1.807, 2.05) is 11.6 Å². The highest BCUT2D eigenvalue weighted by Gasteiger charge is 2.34. The topological polar surface area (TPSA) is 60.2 Å². The van der Waals surface area contributed by atoms with Crippen LogP contribution in [0.2, 0.25) is 0 Å². The van der Waals surface area contributed by atoms with Crippen molar-refractivity contribution < 1.29 is 4.74 Å². The van der Waals surface area contributed by atoms with Gasteiger partial charge in [0.05, 0.1) is 5.54 Å². The zero-order valence-electron chi connectivity index (χ0n) is 11.2. The molecule has 0 radical (unpaired) electrons. The summed E-state index contributed by atoms with van der Waals surface area (Å²) >= 11 is 1.69. The van der Waals surface area contributed by atoms with Crippen molar-refractivity contribution in [2.24, 2.45) is 11.1 Å². The third-order valence-electron chi connectivity index (χ3n) is 3.86. The number of nitrogens with zero attached hydrogens (tertiary/aromatic N) is 1. The maximum absolute atomic E-state index is 5.98. The molecular formula is C13H23N3OS. The van der Waals surface area contributed by atoms with Crippen LogP contribution in [0.1, 0.15) is 31.7 Å². The summed E-state index contributed by atoms with van der Waals surface area (Å²) in [4.78, 5) is 4.40. The smallest absolute Gasteiger partial charge is 0.112 e. The summed E-state index contributed by atoms with van der Waals surface area (Å²) in [7, 11) is 0. The van der Waals surface area contributed by atoms with E-state index in [-0.39, 0.29) is 11.0 Å². The molecule has 0 atom stereocenters. The van der Waals surface area contributed by atoms with Crippen LogP contribution in [0, 0.1) is 5.41 Å². The average Bonchev–Trinajstić information content (AvgIpc) is 2.92. The van der Waals surface area contributed by atoms with Gasteiger partial charge in [-0.2, -0.15) is 0 Å². The molecule has 1 saturated heterocycles. The molecule has 1 aliphatic rings. The van der Waals surface area contributed by atoms with Crippen molar-refractivity contribution in [1.82, 2.24) is 10.3 Å². The van der Waals surface area contributed by atoms with Gasteiger partial charge < -0.3 is 15.8 Å². The normalized spacial score (nSPS) is 19.9. The van der Waals surface area contributed by atoms with E-state index in [1.165, 1.54) is 0 Å². The number of nitrogens with two attached hydrogens (primary N) is 1. The van der Waals surface area contributed by atoms with E-state index in [2.05, 4.69) is 24.1 Å². The second kappa shape index (κ2) is 5.65. The van der Waals surface area contributed by atoms with E-state index in [9.17, 15) is 0 Å². The van der Waals surface area contributed by atoms with Crippen molar-refractivity contribution in [1.29, 1.82) is 0 Å². The van der Waals surface area contributed by atoms with Crippen molar-refractivity contribution >= 4 is 11.3 Å². The number of nitrogens with one attached hydrogen (secondary N) is 1. The Hall–Kier alpha value is -0.490. The van der Waals surface area contributed by atoms with Crippen molar-refractivity contribution in [2.75, 3.05) is 26.3 Å². The number of thiazole rings is 1. The molecule has 0 unspecified atom stereocenters. The highest BCUT2D eigenvalue weighted by Crippen LogP contribution is 2.30. The lowest BCUT2D eigenvalue weighted by Gasteiger charge is -2.39. The second-order valence-electron chi connectivity index (χ2n) is 5.63. The molecule has 0 saturated carbocycles. The molecule has 2 heterocycles. The van der Waals surface area contributed by atoms with Crippen LogP contribution in [0.15, 0.2) is 11.6 Å². The molecule has 0 amide bonds. The lowest BCUT2D eigenvalue weighted by molar-refractivity contribution is 0.0159. The third kappa shape index (κ3) is 3.09. The van der Waals surface area contributed by atoms with E-state index < -0.39 is 0 Å². The fourth-order valence-electron chi connectivity index (χ4n) is 2.27. The Balaban J connectivity index is 1.97. The van der Waals surface area contributed by atoms with Gasteiger partial charge in [0.2, 0.25) is 0 Å². The second-order valence-corrected chi connectivity index (χ2v) is 6.53. The van der Waals surface area contributed by atoms with E-state index in [0.29, 0.717) is 0 Å². The number of rotatable bonds is 5. The molecule has 0 aromatic carbocycles. The number of ether oxygens (including phenoxy) is 1. The first kappa shape index (κ1) is 13.9. The van der Waals surface area contributed by atoms with Crippen LogP contribution < -0.4 is 11.1 Å². The minimum atomic E-state index is -0.0886. The molecule has 1 aromatic rings. The Morgan fingerprint density at radius 3 is 2.78 bits per heavy atom. The largest absolute Gasteiger partial charge is 0.381 e. The van der Waals surface area contributed by atoms with E-state index in [4.69, 9.17) is 10.5 Å². The van der Waals surface area contributed by atoms with Gasteiger partial charge >= 0.3 is 0 Å². The predicted octanol–water partition coefficient (Wildman–Crippen LogP) is 1.72. The zero-order valence-corrected chi connectivity index (χ0v) is 12.1. The van der Waals surface area contributed by atoms with Crippen LogP contribution in [0.5, 0.6) is 0 Å². The van der Waals surface area contributed by atoms with E-state index in [0.717, 1.165) is 44.2 Å². The van der Waals surface area contributed by atoms with Crippen LogP contribution in [-0.2, 0) is 10.3 Å². The van der Waals surface area contributed by atoms with Crippen molar-refractivity contribution in [2.45, 2.75) is 32.2 Å². The van der Waals surface area contributed by atoms with Crippen molar-refractivity contribution in [3.63, 3.8) is 0 Å². The standard InChI is InChI=1S/C13H23N3OS/c1-12(2,11-15-5-8-18-11)16-10-13(9-14)3-6-17-7-4-13/h5,8,16H,3-4,6-7,9-10,14H2,1-2H3. The number of hydrogen-bond donors (Lipinski definition) is 2. The zero-order chi connectivity index (χ0) is 13.1. The summed E-state index contributed by atoms with van der Waals surface area (Å²) in [6.07, 6.45) is 3.95. The maximum atomic E-state index is 5.98. The molecule has 3 N–H and O–H groups in total. The van der Waals surface area contributed by atoms with Gasteiger partial charge in [0, 0.05) is 31.3 Å². The Bertz CT molecular complexity index is 358. The Kier molecular flexibility index (Phi) is 4.37. The summed E-state index contributed by atoms with van der Waals surface area (Å²) in [5.41, 5.74) is 6.08. The van der Waals surface area contributed by atoms with Crippen LogP contribution in [0.3, 0.4) is 0 Å². The Morgan fingerprint density at radius 2 is 2.22 bits per heavy atom. The molecule has 4 nitrogen and oxygen atoms in total. The van der Waals surface area contributed by atoms with E-state index >= 15 is 0 Å². The molecule has 18 heavy (non-hydrogen) atoms. The first-order valence-corrected chi connectivity index (χ1v) is 7.39. The van der Waals surface area contributed by atoms with Gasteiger partial charge in [-0.3, -0.25) is 0 Å². The van der Waals surface area contributed by atoms with Crippen LogP contribution in [0.25, 0.3) is 0 Å². The molecule has 1 aromatic heterocycles. The molecule has 0 aliphatic carbocycles. The molecular weight excluding hydrogens is 246 g/mol. The molecule has 2 rings (SSSR count). The molecule has 1 fully saturated rings. The van der Waals surface area contributed by atoms with Crippen molar-refractivity contribution in [3.05, 3.63) is 16.6 Å². The maximum Gasteiger partial charge on any atom is 0.112 e. The van der Waals surface area contributed by atoms with Gasteiger partial charge in [0.25, 0.3) is 0 Å². The van der Waals surface area contributed by atoms with E-state index in [1.54, 1.807) is 11.3 Å². The third-order valence-corrected chi connectivity index (χ3v) is 4.96. The molecule has 5 heteroatoms. The number of hydrogen-bond acceptors (Lipinski definition) is 5. The SMILES string of the molecule is CC(C)(NCC1(CN)CCOCC1)c1nccs1. The van der Waals surface area contributed by atoms with Crippen molar-refractivity contribution in [3.8, 4) is 0 Å². The van der Waals surface area contributed by atoms with Gasteiger partial charge in [-0.05, 0) is 38.6 Å². The predicted molar refractivity (Wildman–Crippen MR) is 74.7 cm³/mol. The average molecular weight is 269 g/mol.